The van der Waals surface area contributed by atoms with Crippen LogP contribution in [0.15, 0.2) is 24.3 Å². The van der Waals surface area contributed by atoms with Crippen molar-refractivity contribution in [3.63, 3.8) is 0 Å². The van der Waals surface area contributed by atoms with Crippen molar-refractivity contribution in [3.05, 3.63) is 46.5 Å². The van der Waals surface area contributed by atoms with Crippen molar-refractivity contribution in [3.8, 4) is 16.9 Å². The van der Waals surface area contributed by atoms with Crippen LogP contribution in [0.5, 0.6) is 5.75 Å². The van der Waals surface area contributed by atoms with E-state index in [0.29, 0.717) is 5.92 Å². The second kappa shape index (κ2) is 8.43. The average Bonchev–Trinajstić information content (AvgIpc) is 3.71. The van der Waals surface area contributed by atoms with E-state index in [1.165, 1.54) is 31.1 Å². The molecule has 2 aliphatic carbocycles. The standard InChI is InChI=1S/C27H33NO4/c1-16-22(28(2)3)15-21(17-7-8-17)25(19-9-12-23-18(14-19)6-5-13-31-23)24(16)26(27(29)30-4)32-20-10-11-20/h9,12,14-15,17,20,26H,5-8,10-11,13H2,1-4H3. The van der Waals surface area contributed by atoms with Crippen LogP contribution in [0.25, 0.3) is 11.1 Å². The molecule has 0 aromatic heterocycles. The van der Waals surface area contributed by atoms with Gasteiger partial charge in [0.05, 0.1) is 19.8 Å². The van der Waals surface area contributed by atoms with Gasteiger partial charge in [-0.2, -0.15) is 0 Å². The van der Waals surface area contributed by atoms with E-state index < -0.39 is 6.10 Å². The quantitative estimate of drug-likeness (QED) is 0.551. The molecule has 5 rings (SSSR count). The minimum Gasteiger partial charge on any atom is -0.493 e. The molecular weight excluding hydrogens is 402 g/mol. The zero-order valence-corrected chi connectivity index (χ0v) is 19.6. The second-order valence-corrected chi connectivity index (χ2v) is 9.58. The molecule has 1 heterocycles. The fraction of sp³-hybridized carbons (Fsp3) is 0.519. The molecule has 2 aromatic carbocycles. The van der Waals surface area contributed by atoms with E-state index in [0.717, 1.165) is 66.0 Å². The molecular formula is C27H33NO4. The lowest BCUT2D eigenvalue weighted by Crippen LogP contribution is -2.23. The third-order valence-electron chi connectivity index (χ3n) is 6.86. The van der Waals surface area contributed by atoms with Crippen molar-refractivity contribution in [2.24, 2.45) is 0 Å². The minimum atomic E-state index is -0.716. The summed E-state index contributed by atoms with van der Waals surface area (Å²) in [5.41, 5.74) is 8.05. The number of hydrogen-bond acceptors (Lipinski definition) is 5. The van der Waals surface area contributed by atoms with E-state index in [9.17, 15) is 4.79 Å². The molecule has 32 heavy (non-hydrogen) atoms. The van der Waals surface area contributed by atoms with Crippen molar-refractivity contribution in [2.75, 3.05) is 32.7 Å². The summed E-state index contributed by atoms with van der Waals surface area (Å²) in [6.45, 7) is 2.89. The Labute approximate surface area is 190 Å². The van der Waals surface area contributed by atoms with Gasteiger partial charge in [0.15, 0.2) is 6.10 Å². The van der Waals surface area contributed by atoms with Gasteiger partial charge < -0.3 is 19.1 Å². The number of nitrogens with zero attached hydrogens (tertiary/aromatic N) is 1. The van der Waals surface area contributed by atoms with E-state index in [1.54, 1.807) is 0 Å². The van der Waals surface area contributed by atoms with Gasteiger partial charge in [-0.15, -0.1) is 0 Å². The first-order valence-corrected chi connectivity index (χ1v) is 11.8. The summed E-state index contributed by atoms with van der Waals surface area (Å²) >= 11 is 0. The second-order valence-electron chi connectivity index (χ2n) is 9.58. The van der Waals surface area contributed by atoms with Gasteiger partial charge in [0.1, 0.15) is 5.75 Å². The van der Waals surface area contributed by atoms with Crippen LogP contribution in [0.1, 0.15) is 66.4 Å². The van der Waals surface area contributed by atoms with Gasteiger partial charge in [-0.3, -0.25) is 0 Å². The first-order chi connectivity index (χ1) is 15.5. The molecule has 0 spiro atoms. The van der Waals surface area contributed by atoms with Gasteiger partial charge in [0, 0.05) is 25.3 Å². The molecule has 1 atom stereocenters. The predicted molar refractivity (Wildman–Crippen MR) is 126 cm³/mol. The summed E-state index contributed by atoms with van der Waals surface area (Å²) in [5.74, 6) is 1.18. The summed E-state index contributed by atoms with van der Waals surface area (Å²) in [4.78, 5) is 15.2. The van der Waals surface area contributed by atoms with Gasteiger partial charge >= 0.3 is 5.97 Å². The number of hydrogen-bond donors (Lipinski definition) is 0. The Morgan fingerprint density at radius 3 is 2.59 bits per heavy atom. The van der Waals surface area contributed by atoms with Crippen molar-refractivity contribution in [2.45, 2.75) is 63.6 Å². The predicted octanol–water partition coefficient (Wildman–Crippen LogP) is 5.32. The summed E-state index contributed by atoms with van der Waals surface area (Å²) < 4.78 is 17.4. The van der Waals surface area contributed by atoms with Gasteiger partial charge in [-0.25, -0.2) is 4.79 Å². The van der Waals surface area contributed by atoms with E-state index in [2.05, 4.69) is 50.2 Å². The number of esters is 1. The van der Waals surface area contributed by atoms with Crippen LogP contribution >= 0.6 is 0 Å². The number of benzene rings is 2. The molecule has 2 saturated carbocycles. The topological polar surface area (TPSA) is 48.0 Å². The molecule has 3 aliphatic rings. The lowest BCUT2D eigenvalue weighted by molar-refractivity contribution is -0.155. The Balaban J connectivity index is 1.75. The monoisotopic (exact) mass is 435 g/mol. The molecule has 1 unspecified atom stereocenters. The number of methoxy groups -OCH3 is 1. The number of anilines is 1. The molecule has 1 aliphatic heterocycles. The lowest BCUT2D eigenvalue weighted by Gasteiger charge is -2.28. The number of rotatable bonds is 7. The fourth-order valence-electron chi connectivity index (χ4n) is 4.90. The number of aryl methyl sites for hydroxylation is 1. The molecule has 0 amide bonds. The lowest BCUT2D eigenvalue weighted by atomic mass is 9.84. The first-order valence-electron chi connectivity index (χ1n) is 11.8. The number of carbonyl (C=O) groups is 1. The van der Waals surface area contributed by atoms with Crippen LogP contribution in [0.4, 0.5) is 5.69 Å². The summed E-state index contributed by atoms with van der Waals surface area (Å²) in [6, 6.07) is 8.83. The first kappa shape index (κ1) is 21.3. The SMILES string of the molecule is COC(=O)C(OC1CC1)c1c(C)c(N(C)C)cc(C2CC2)c1-c1ccc2c(c1)CCCO2. The van der Waals surface area contributed by atoms with Gasteiger partial charge in [-0.1, -0.05) is 6.07 Å². The molecule has 170 valence electrons. The zero-order valence-electron chi connectivity index (χ0n) is 19.6. The summed E-state index contributed by atoms with van der Waals surface area (Å²) in [6.07, 6.45) is 5.84. The largest absolute Gasteiger partial charge is 0.493 e. The highest BCUT2D eigenvalue weighted by Crippen LogP contribution is 2.51. The summed E-state index contributed by atoms with van der Waals surface area (Å²) in [7, 11) is 5.58. The molecule has 2 aromatic rings. The van der Waals surface area contributed by atoms with Crippen molar-refractivity contribution < 1.29 is 19.0 Å². The summed E-state index contributed by atoms with van der Waals surface area (Å²) in [5, 5.41) is 0. The van der Waals surface area contributed by atoms with Crippen molar-refractivity contribution in [1.82, 2.24) is 0 Å². The molecule has 0 N–H and O–H groups in total. The van der Waals surface area contributed by atoms with Gasteiger partial charge in [0.2, 0.25) is 0 Å². The van der Waals surface area contributed by atoms with E-state index in [1.807, 2.05) is 0 Å². The highest BCUT2D eigenvalue weighted by atomic mass is 16.6. The van der Waals surface area contributed by atoms with E-state index in [-0.39, 0.29) is 12.1 Å². The molecule has 0 radical (unpaired) electrons. The fourth-order valence-corrected chi connectivity index (χ4v) is 4.90. The Kier molecular flexibility index (Phi) is 5.62. The van der Waals surface area contributed by atoms with Crippen molar-refractivity contribution in [1.29, 1.82) is 0 Å². The van der Waals surface area contributed by atoms with Crippen LogP contribution in [-0.2, 0) is 20.7 Å². The molecule has 5 heteroatoms. The van der Waals surface area contributed by atoms with Crippen LogP contribution in [0.3, 0.4) is 0 Å². The Bertz CT molecular complexity index is 1040. The Hall–Kier alpha value is -2.53. The van der Waals surface area contributed by atoms with E-state index >= 15 is 0 Å². The smallest absolute Gasteiger partial charge is 0.339 e. The van der Waals surface area contributed by atoms with Crippen molar-refractivity contribution >= 4 is 11.7 Å². The van der Waals surface area contributed by atoms with Gasteiger partial charge in [-0.05, 0) is 97.4 Å². The van der Waals surface area contributed by atoms with Crippen LogP contribution in [0, 0.1) is 6.92 Å². The Morgan fingerprint density at radius 2 is 1.94 bits per heavy atom. The maximum Gasteiger partial charge on any atom is 0.339 e. The molecule has 5 nitrogen and oxygen atoms in total. The highest BCUT2D eigenvalue weighted by molar-refractivity contribution is 5.86. The average molecular weight is 436 g/mol. The highest BCUT2D eigenvalue weighted by Gasteiger charge is 2.38. The number of ether oxygens (including phenoxy) is 3. The molecule has 2 fully saturated rings. The molecule has 0 bridgehead atoms. The van der Waals surface area contributed by atoms with E-state index in [4.69, 9.17) is 14.2 Å². The maximum atomic E-state index is 13.0. The third kappa shape index (κ3) is 3.99. The third-order valence-corrected chi connectivity index (χ3v) is 6.86. The molecule has 0 saturated heterocycles. The van der Waals surface area contributed by atoms with Gasteiger partial charge in [0.25, 0.3) is 0 Å². The van der Waals surface area contributed by atoms with Crippen LogP contribution in [-0.4, -0.2) is 39.9 Å². The number of carbonyl (C=O) groups excluding carboxylic acids is 1. The van der Waals surface area contributed by atoms with Crippen LogP contribution in [0.2, 0.25) is 0 Å². The Morgan fingerprint density at radius 1 is 1.16 bits per heavy atom. The minimum absolute atomic E-state index is 0.135. The maximum absolute atomic E-state index is 13.0. The number of fused-ring (bicyclic) bond motifs is 1. The normalized spacial score (nSPS) is 18.5. The van der Waals surface area contributed by atoms with Crippen LogP contribution < -0.4 is 9.64 Å². The zero-order chi connectivity index (χ0) is 22.4.